The van der Waals surface area contributed by atoms with Crippen LogP contribution in [0.3, 0.4) is 0 Å². The molecule has 6 heteroatoms. The minimum Gasteiger partial charge on any atom is -0.421 e. The summed E-state index contributed by atoms with van der Waals surface area (Å²) in [5.74, 6) is 0. The van der Waals surface area contributed by atoms with Crippen molar-refractivity contribution in [3.05, 3.63) is 17.2 Å². The van der Waals surface area contributed by atoms with Crippen LogP contribution in [-0.2, 0) is 0 Å². The summed E-state index contributed by atoms with van der Waals surface area (Å²) >= 11 is 6.16. The number of oxazole rings is 1. The Kier molecular flexibility index (Phi) is 3.48. The molecular weight excluding hydrogens is 276 g/mol. The van der Waals surface area contributed by atoms with Gasteiger partial charge in [0.15, 0.2) is 5.58 Å². The van der Waals surface area contributed by atoms with Crippen molar-refractivity contribution >= 4 is 34.4 Å². The number of benzene rings is 1. The zero-order chi connectivity index (χ0) is 14.3. The monoisotopic (exact) mass is 294 g/mol. The molecule has 1 aliphatic rings. The fraction of sp³-hybridized carbons (Fsp3) is 0.500. The Labute approximate surface area is 123 Å². The van der Waals surface area contributed by atoms with E-state index in [4.69, 9.17) is 16.0 Å². The minimum atomic E-state index is 0.370. The van der Waals surface area contributed by atoms with Gasteiger partial charge in [0.05, 0.1) is 5.69 Å². The van der Waals surface area contributed by atoms with Gasteiger partial charge in [-0.15, -0.1) is 0 Å². The topological polar surface area (TPSA) is 44.5 Å². The Morgan fingerprint density at radius 1 is 1.45 bits per heavy atom. The van der Waals surface area contributed by atoms with Gasteiger partial charge >= 0.3 is 0 Å². The maximum atomic E-state index is 6.16. The second kappa shape index (κ2) is 5.14. The predicted molar refractivity (Wildman–Crippen MR) is 83.0 cm³/mol. The van der Waals surface area contributed by atoms with E-state index >= 15 is 0 Å². The molecule has 1 aliphatic heterocycles. The number of aromatic nitrogens is 1. The van der Waals surface area contributed by atoms with Crippen LogP contribution in [-0.4, -0.2) is 44.8 Å². The summed E-state index contributed by atoms with van der Waals surface area (Å²) in [7, 11) is 3.95. The number of nitrogens with zero attached hydrogens (tertiary/aromatic N) is 3. The van der Waals surface area contributed by atoms with Crippen molar-refractivity contribution < 1.29 is 4.42 Å². The van der Waals surface area contributed by atoms with Crippen molar-refractivity contribution in [3.63, 3.8) is 0 Å². The van der Waals surface area contributed by atoms with E-state index in [2.05, 4.69) is 22.1 Å². The number of fused-ring (bicyclic) bond motifs is 1. The number of piperazine rings is 1. The second-order valence-corrected chi connectivity index (χ2v) is 5.85. The number of anilines is 2. The number of halogens is 1. The minimum absolute atomic E-state index is 0.370. The van der Waals surface area contributed by atoms with Gasteiger partial charge in [0, 0.05) is 44.8 Å². The Morgan fingerprint density at radius 3 is 2.95 bits per heavy atom. The van der Waals surface area contributed by atoms with Gasteiger partial charge in [-0.05, 0) is 19.1 Å². The van der Waals surface area contributed by atoms with E-state index < -0.39 is 0 Å². The van der Waals surface area contributed by atoms with Crippen LogP contribution < -0.4 is 15.1 Å². The molecule has 5 nitrogen and oxygen atoms in total. The molecule has 3 rings (SSSR count). The lowest BCUT2D eigenvalue weighted by Gasteiger charge is -2.32. The Bertz CT molecular complexity index is 625. The molecule has 0 radical (unpaired) electrons. The predicted octanol–water partition coefficient (Wildman–Crippen LogP) is 2.35. The maximum absolute atomic E-state index is 6.16. The lowest BCUT2D eigenvalue weighted by Crippen LogP contribution is -2.50. The van der Waals surface area contributed by atoms with E-state index in [-0.39, 0.29) is 0 Å². The summed E-state index contributed by atoms with van der Waals surface area (Å²) < 4.78 is 6.01. The Balaban J connectivity index is 2.08. The largest absolute Gasteiger partial charge is 0.421 e. The molecule has 0 amide bonds. The fourth-order valence-corrected chi connectivity index (χ4v) is 2.76. The molecule has 0 bridgehead atoms. The van der Waals surface area contributed by atoms with Crippen molar-refractivity contribution in [2.24, 2.45) is 0 Å². The van der Waals surface area contributed by atoms with Gasteiger partial charge in [-0.3, -0.25) is 0 Å². The molecule has 1 aromatic heterocycles. The zero-order valence-electron chi connectivity index (χ0n) is 12.0. The first kappa shape index (κ1) is 13.5. The highest BCUT2D eigenvalue weighted by molar-refractivity contribution is 6.31. The average Bonchev–Trinajstić information content (AvgIpc) is 2.81. The molecule has 1 aromatic carbocycles. The highest BCUT2D eigenvalue weighted by atomic mass is 35.5. The normalized spacial score (nSPS) is 19.6. The van der Waals surface area contributed by atoms with Crippen molar-refractivity contribution in [1.29, 1.82) is 0 Å². The van der Waals surface area contributed by atoms with Gasteiger partial charge in [-0.25, -0.2) is 0 Å². The van der Waals surface area contributed by atoms with Crippen LogP contribution in [0.15, 0.2) is 16.5 Å². The van der Waals surface area contributed by atoms with Crippen molar-refractivity contribution in [2.75, 3.05) is 43.5 Å². The summed E-state index contributed by atoms with van der Waals surface area (Å²) in [6, 6.07) is 4.80. The quantitative estimate of drug-likeness (QED) is 0.921. The Morgan fingerprint density at radius 2 is 2.25 bits per heavy atom. The molecule has 0 unspecified atom stereocenters. The highest BCUT2D eigenvalue weighted by Gasteiger charge is 2.24. The van der Waals surface area contributed by atoms with Crippen LogP contribution in [0, 0.1) is 0 Å². The van der Waals surface area contributed by atoms with E-state index in [1.165, 1.54) is 0 Å². The third kappa shape index (κ3) is 2.31. The SMILES string of the molecule is C[C@H]1CNCCN1c1nc2cc(Cl)cc(N(C)C)c2o1. The van der Waals surface area contributed by atoms with E-state index in [0.29, 0.717) is 17.1 Å². The van der Waals surface area contributed by atoms with Gasteiger partial charge in [0.2, 0.25) is 0 Å². The fourth-order valence-electron chi connectivity index (χ4n) is 2.55. The smallest absolute Gasteiger partial charge is 0.298 e. The van der Waals surface area contributed by atoms with Crippen LogP contribution in [0.2, 0.25) is 5.02 Å². The number of nitrogens with one attached hydrogen (secondary N) is 1. The third-order valence-corrected chi connectivity index (χ3v) is 3.87. The molecule has 0 saturated carbocycles. The first-order valence-electron chi connectivity index (χ1n) is 6.81. The summed E-state index contributed by atoms with van der Waals surface area (Å²) in [6.45, 7) is 4.96. The zero-order valence-corrected chi connectivity index (χ0v) is 12.7. The average molecular weight is 295 g/mol. The molecule has 0 aliphatic carbocycles. The lowest BCUT2D eigenvalue weighted by molar-refractivity contribution is 0.456. The molecule has 0 spiro atoms. The molecule has 1 atom stereocenters. The first-order chi connectivity index (χ1) is 9.56. The molecule has 1 fully saturated rings. The van der Waals surface area contributed by atoms with Crippen molar-refractivity contribution in [1.82, 2.24) is 10.3 Å². The van der Waals surface area contributed by atoms with E-state index in [1.54, 1.807) is 0 Å². The molecule has 2 aromatic rings. The van der Waals surface area contributed by atoms with Crippen LogP contribution in [0.4, 0.5) is 11.7 Å². The van der Waals surface area contributed by atoms with Gasteiger partial charge in [-0.1, -0.05) is 11.6 Å². The maximum Gasteiger partial charge on any atom is 0.298 e. The lowest BCUT2D eigenvalue weighted by atomic mass is 10.2. The molecule has 1 N–H and O–H groups in total. The third-order valence-electron chi connectivity index (χ3n) is 3.65. The molecule has 20 heavy (non-hydrogen) atoms. The summed E-state index contributed by atoms with van der Waals surface area (Å²) in [6.07, 6.45) is 0. The molecule has 108 valence electrons. The van der Waals surface area contributed by atoms with Crippen molar-refractivity contribution in [2.45, 2.75) is 13.0 Å². The Hall–Kier alpha value is -1.46. The van der Waals surface area contributed by atoms with Gasteiger partial charge in [-0.2, -0.15) is 4.98 Å². The number of hydrogen-bond acceptors (Lipinski definition) is 5. The number of rotatable bonds is 2. The van der Waals surface area contributed by atoms with Gasteiger partial charge in [0.1, 0.15) is 5.52 Å². The molecular formula is C14H19ClN4O. The molecule has 2 heterocycles. The highest BCUT2D eigenvalue weighted by Crippen LogP contribution is 2.33. The van der Waals surface area contributed by atoms with Gasteiger partial charge in [0.25, 0.3) is 6.01 Å². The van der Waals surface area contributed by atoms with Crippen molar-refractivity contribution in [3.8, 4) is 0 Å². The van der Waals surface area contributed by atoms with E-state index in [1.807, 2.05) is 31.1 Å². The summed E-state index contributed by atoms with van der Waals surface area (Å²) in [5, 5.41) is 4.04. The number of hydrogen-bond donors (Lipinski definition) is 1. The van der Waals surface area contributed by atoms with Crippen LogP contribution in [0.1, 0.15) is 6.92 Å². The van der Waals surface area contributed by atoms with Gasteiger partial charge < -0.3 is 19.5 Å². The summed E-state index contributed by atoms with van der Waals surface area (Å²) in [4.78, 5) is 8.80. The molecule has 1 saturated heterocycles. The van der Waals surface area contributed by atoms with E-state index in [9.17, 15) is 0 Å². The van der Waals surface area contributed by atoms with Crippen LogP contribution >= 0.6 is 11.6 Å². The van der Waals surface area contributed by atoms with E-state index in [0.717, 1.165) is 36.4 Å². The second-order valence-electron chi connectivity index (χ2n) is 5.41. The first-order valence-corrected chi connectivity index (χ1v) is 7.19. The summed E-state index contributed by atoms with van der Waals surface area (Å²) in [5.41, 5.74) is 2.55. The van der Waals surface area contributed by atoms with Crippen LogP contribution in [0.5, 0.6) is 0 Å². The standard InChI is InChI=1S/C14H19ClN4O/c1-9-8-16-4-5-19(9)14-17-11-6-10(15)7-12(18(2)3)13(11)20-14/h6-7,9,16H,4-5,8H2,1-3H3/t9-/m0/s1. The van der Waals surface area contributed by atoms with Crippen LogP contribution in [0.25, 0.3) is 11.1 Å².